The van der Waals surface area contributed by atoms with Gasteiger partial charge in [0.1, 0.15) is 5.82 Å². The van der Waals surface area contributed by atoms with E-state index in [0.29, 0.717) is 6.04 Å². The molecule has 0 spiro atoms. The summed E-state index contributed by atoms with van der Waals surface area (Å²) in [6.07, 6.45) is 14.6. The molecule has 1 aromatic carbocycles. The van der Waals surface area contributed by atoms with Gasteiger partial charge in [-0.1, -0.05) is 43.5 Å². The van der Waals surface area contributed by atoms with Crippen LogP contribution in [-0.2, 0) is 17.6 Å². The fraction of sp³-hybridized carbons (Fsp3) is 0.577. The molecule has 170 valence electrons. The summed E-state index contributed by atoms with van der Waals surface area (Å²) in [5.74, 6) is 0.883. The summed E-state index contributed by atoms with van der Waals surface area (Å²) in [6, 6.07) is 9.52. The van der Waals surface area contributed by atoms with E-state index in [1.807, 2.05) is 12.4 Å². The van der Waals surface area contributed by atoms with Crippen LogP contribution in [0.15, 0.2) is 36.7 Å². The number of benzene rings is 1. The van der Waals surface area contributed by atoms with E-state index in [1.165, 1.54) is 62.6 Å². The SMILES string of the molecule is c1cc(Cc2ncc3cnn(C4CCCCC4)c3n2)ccc1CCCCN1CCOCC1. The lowest BCUT2D eigenvalue weighted by Gasteiger charge is -2.26. The van der Waals surface area contributed by atoms with Crippen molar-refractivity contribution in [3.8, 4) is 0 Å². The van der Waals surface area contributed by atoms with Gasteiger partial charge in [-0.3, -0.25) is 4.90 Å². The molecule has 2 aliphatic rings. The average molecular weight is 434 g/mol. The van der Waals surface area contributed by atoms with Crippen molar-refractivity contribution in [2.24, 2.45) is 0 Å². The maximum Gasteiger partial charge on any atom is 0.161 e. The fourth-order valence-corrected chi connectivity index (χ4v) is 5.04. The molecule has 3 aromatic rings. The number of hydrogen-bond acceptors (Lipinski definition) is 5. The largest absolute Gasteiger partial charge is 0.379 e. The molecule has 1 saturated carbocycles. The molecule has 0 radical (unpaired) electrons. The Kier molecular flexibility index (Phi) is 7.09. The van der Waals surface area contributed by atoms with E-state index in [1.54, 1.807) is 0 Å². The molecular weight excluding hydrogens is 398 g/mol. The van der Waals surface area contributed by atoms with Gasteiger partial charge in [0.2, 0.25) is 0 Å². The van der Waals surface area contributed by atoms with Crippen LogP contribution >= 0.6 is 0 Å². The first-order valence-corrected chi connectivity index (χ1v) is 12.4. The molecule has 1 saturated heterocycles. The lowest BCUT2D eigenvalue weighted by atomic mass is 9.96. The third kappa shape index (κ3) is 5.36. The Balaban J connectivity index is 1.16. The molecule has 0 bridgehead atoms. The Labute approximate surface area is 191 Å². The first-order chi connectivity index (χ1) is 15.8. The minimum atomic E-state index is 0.492. The number of nitrogens with zero attached hydrogens (tertiary/aromatic N) is 5. The molecule has 0 amide bonds. The number of unbranched alkanes of at least 4 members (excludes halogenated alkanes) is 1. The van der Waals surface area contributed by atoms with E-state index < -0.39 is 0 Å². The van der Waals surface area contributed by atoms with Crippen molar-refractivity contribution in [1.29, 1.82) is 0 Å². The summed E-state index contributed by atoms with van der Waals surface area (Å²) in [6.45, 7) is 5.15. The second kappa shape index (κ2) is 10.5. The van der Waals surface area contributed by atoms with Crippen molar-refractivity contribution >= 4 is 11.0 Å². The van der Waals surface area contributed by atoms with Crippen LogP contribution in [-0.4, -0.2) is 57.5 Å². The minimum absolute atomic E-state index is 0.492. The number of hydrogen-bond donors (Lipinski definition) is 0. The maximum absolute atomic E-state index is 5.42. The Hall–Kier alpha value is -2.31. The summed E-state index contributed by atoms with van der Waals surface area (Å²) >= 11 is 0. The maximum atomic E-state index is 5.42. The summed E-state index contributed by atoms with van der Waals surface area (Å²) < 4.78 is 7.58. The molecule has 6 nitrogen and oxygen atoms in total. The molecule has 1 aliphatic heterocycles. The molecule has 0 atom stereocenters. The number of fused-ring (bicyclic) bond motifs is 1. The lowest BCUT2D eigenvalue weighted by molar-refractivity contribution is 0.0372. The third-order valence-corrected chi connectivity index (χ3v) is 6.98. The van der Waals surface area contributed by atoms with Crippen LogP contribution in [0.4, 0.5) is 0 Å². The van der Waals surface area contributed by atoms with Gasteiger partial charge in [-0.2, -0.15) is 5.10 Å². The van der Waals surface area contributed by atoms with Crippen LogP contribution in [0.1, 0.15) is 67.9 Å². The van der Waals surface area contributed by atoms with E-state index in [-0.39, 0.29) is 0 Å². The first-order valence-electron chi connectivity index (χ1n) is 12.4. The Morgan fingerprint density at radius 2 is 1.69 bits per heavy atom. The molecule has 2 fully saturated rings. The number of morpholine rings is 1. The van der Waals surface area contributed by atoms with Gasteiger partial charge in [-0.25, -0.2) is 14.6 Å². The highest BCUT2D eigenvalue weighted by Gasteiger charge is 2.19. The second-order valence-corrected chi connectivity index (χ2v) is 9.35. The lowest BCUT2D eigenvalue weighted by Crippen LogP contribution is -2.36. The van der Waals surface area contributed by atoms with Gasteiger partial charge in [0.15, 0.2) is 5.65 Å². The van der Waals surface area contributed by atoms with Gasteiger partial charge in [-0.05, 0) is 49.8 Å². The van der Waals surface area contributed by atoms with E-state index in [0.717, 1.165) is 56.0 Å². The van der Waals surface area contributed by atoms with E-state index in [2.05, 4.69) is 43.9 Å². The minimum Gasteiger partial charge on any atom is -0.379 e. The topological polar surface area (TPSA) is 56.1 Å². The molecule has 0 unspecified atom stereocenters. The van der Waals surface area contributed by atoms with Gasteiger partial charge in [0, 0.05) is 25.7 Å². The molecule has 2 aromatic heterocycles. The highest BCUT2D eigenvalue weighted by Crippen LogP contribution is 2.29. The summed E-state index contributed by atoms with van der Waals surface area (Å²) in [5.41, 5.74) is 3.69. The normalized spacial score (nSPS) is 18.4. The monoisotopic (exact) mass is 433 g/mol. The summed E-state index contributed by atoms with van der Waals surface area (Å²) in [4.78, 5) is 12.0. The van der Waals surface area contributed by atoms with Gasteiger partial charge in [0.25, 0.3) is 0 Å². The summed E-state index contributed by atoms with van der Waals surface area (Å²) in [5, 5.41) is 5.70. The second-order valence-electron chi connectivity index (χ2n) is 9.35. The number of rotatable bonds is 8. The van der Waals surface area contributed by atoms with Crippen LogP contribution in [0.25, 0.3) is 11.0 Å². The Morgan fingerprint density at radius 3 is 2.50 bits per heavy atom. The molecule has 1 aliphatic carbocycles. The van der Waals surface area contributed by atoms with Crippen molar-refractivity contribution in [2.45, 2.75) is 63.8 Å². The molecular formula is C26H35N5O. The highest BCUT2D eigenvalue weighted by atomic mass is 16.5. The highest BCUT2D eigenvalue weighted by molar-refractivity contribution is 5.73. The van der Waals surface area contributed by atoms with Gasteiger partial charge in [0.05, 0.1) is 30.8 Å². The van der Waals surface area contributed by atoms with Crippen molar-refractivity contribution in [3.05, 3.63) is 53.6 Å². The third-order valence-electron chi connectivity index (χ3n) is 6.98. The zero-order valence-corrected chi connectivity index (χ0v) is 19.1. The molecule has 0 N–H and O–H groups in total. The predicted molar refractivity (Wildman–Crippen MR) is 127 cm³/mol. The van der Waals surface area contributed by atoms with E-state index >= 15 is 0 Å². The van der Waals surface area contributed by atoms with Gasteiger partial charge in [-0.15, -0.1) is 0 Å². The van der Waals surface area contributed by atoms with Crippen molar-refractivity contribution < 1.29 is 4.74 Å². The van der Waals surface area contributed by atoms with Crippen LogP contribution in [0, 0.1) is 0 Å². The zero-order chi connectivity index (χ0) is 21.6. The fourth-order valence-electron chi connectivity index (χ4n) is 5.04. The van der Waals surface area contributed by atoms with Crippen molar-refractivity contribution in [3.63, 3.8) is 0 Å². The zero-order valence-electron chi connectivity index (χ0n) is 19.1. The molecule has 5 rings (SSSR count). The van der Waals surface area contributed by atoms with Crippen LogP contribution < -0.4 is 0 Å². The van der Waals surface area contributed by atoms with Crippen molar-refractivity contribution in [1.82, 2.24) is 24.6 Å². The van der Waals surface area contributed by atoms with Gasteiger partial charge < -0.3 is 4.74 Å². The van der Waals surface area contributed by atoms with Crippen molar-refractivity contribution in [2.75, 3.05) is 32.8 Å². The van der Waals surface area contributed by atoms with Gasteiger partial charge >= 0.3 is 0 Å². The Morgan fingerprint density at radius 1 is 0.906 bits per heavy atom. The van der Waals surface area contributed by atoms with E-state index in [4.69, 9.17) is 9.72 Å². The molecule has 32 heavy (non-hydrogen) atoms. The average Bonchev–Trinajstić information content (AvgIpc) is 3.27. The molecule has 6 heteroatoms. The van der Waals surface area contributed by atoms with Crippen LogP contribution in [0.5, 0.6) is 0 Å². The number of aromatic nitrogens is 4. The molecule has 3 heterocycles. The first kappa shape index (κ1) is 21.5. The Bertz CT molecular complexity index is 987. The quantitative estimate of drug-likeness (QED) is 0.487. The summed E-state index contributed by atoms with van der Waals surface area (Å²) in [7, 11) is 0. The standard InChI is InChI=1S/C26H35N5O/c1-2-7-24(8-3-1)31-26-23(20-28-31)19-27-25(29-26)18-22-11-9-21(10-12-22)6-4-5-13-30-14-16-32-17-15-30/h9-12,19-20,24H,1-8,13-18H2. The number of ether oxygens (including phenoxy) is 1. The predicted octanol–water partition coefficient (Wildman–Crippen LogP) is 4.58. The van der Waals surface area contributed by atoms with E-state index in [9.17, 15) is 0 Å². The van der Waals surface area contributed by atoms with Crippen LogP contribution in [0.2, 0.25) is 0 Å². The van der Waals surface area contributed by atoms with Crippen LogP contribution in [0.3, 0.4) is 0 Å². The number of aryl methyl sites for hydroxylation is 1. The smallest absolute Gasteiger partial charge is 0.161 e.